The molecule has 8 heteroatoms. The van der Waals surface area contributed by atoms with Crippen LogP contribution in [-0.2, 0) is 0 Å². The molecular formula is C12H18N8. The molecule has 0 amide bonds. The number of hydrogen-bond acceptors (Lipinski definition) is 7. The lowest BCUT2D eigenvalue weighted by Crippen LogP contribution is -2.31. The molecule has 1 N–H and O–H groups in total. The van der Waals surface area contributed by atoms with E-state index in [1.54, 1.807) is 13.4 Å². The molecule has 0 bridgehead atoms. The van der Waals surface area contributed by atoms with Crippen molar-refractivity contribution < 1.29 is 0 Å². The van der Waals surface area contributed by atoms with Crippen LogP contribution < -0.4 is 10.2 Å². The Morgan fingerprint density at radius 2 is 2.05 bits per heavy atom. The van der Waals surface area contributed by atoms with Crippen LogP contribution in [0.5, 0.6) is 0 Å². The average molecular weight is 274 g/mol. The maximum atomic E-state index is 4.49. The van der Waals surface area contributed by atoms with Crippen LogP contribution in [0.3, 0.4) is 0 Å². The van der Waals surface area contributed by atoms with Gasteiger partial charge in [0, 0.05) is 20.1 Å². The van der Waals surface area contributed by atoms with E-state index in [1.807, 2.05) is 7.05 Å². The number of anilines is 2. The van der Waals surface area contributed by atoms with Crippen LogP contribution in [0.2, 0.25) is 0 Å². The summed E-state index contributed by atoms with van der Waals surface area (Å²) in [5.41, 5.74) is 0. The third-order valence-corrected chi connectivity index (χ3v) is 3.65. The molecule has 0 radical (unpaired) electrons. The van der Waals surface area contributed by atoms with Gasteiger partial charge in [-0.2, -0.15) is 24.7 Å². The van der Waals surface area contributed by atoms with E-state index < -0.39 is 0 Å². The highest BCUT2D eigenvalue weighted by molar-refractivity contribution is 5.40. The van der Waals surface area contributed by atoms with E-state index in [1.165, 1.54) is 36.7 Å². The van der Waals surface area contributed by atoms with Gasteiger partial charge in [0.25, 0.3) is 5.95 Å². The molecule has 2 heterocycles. The van der Waals surface area contributed by atoms with Crippen LogP contribution >= 0.6 is 0 Å². The lowest BCUT2D eigenvalue weighted by Gasteiger charge is -2.24. The predicted molar refractivity (Wildman–Crippen MR) is 74.9 cm³/mol. The van der Waals surface area contributed by atoms with Gasteiger partial charge in [-0.15, -0.1) is 0 Å². The first-order chi connectivity index (χ1) is 9.78. The van der Waals surface area contributed by atoms with Crippen molar-refractivity contribution in [1.82, 2.24) is 29.7 Å². The first kappa shape index (κ1) is 12.8. The largest absolute Gasteiger partial charge is 0.357 e. The van der Waals surface area contributed by atoms with Gasteiger partial charge in [0.1, 0.15) is 12.7 Å². The minimum atomic E-state index is 0.474. The van der Waals surface area contributed by atoms with Gasteiger partial charge in [0.2, 0.25) is 11.9 Å². The van der Waals surface area contributed by atoms with Crippen molar-refractivity contribution in [2.24, 2.45) is 0 Å². The molecule has 1 aliphatic rings. The molecule has 1 aliphatic carbocycles. The molecule has 1 saturated carbocycles. The van der Waals surface area contributed by atoms with Gasteiger partial charge >= 0.3 is 0 Å². The van der Waals surface area contributed by atoms with Crippen LogP contribution in [-0.4, -0.2) is 49.9 Å². The van der Waals surface area contributed by atoms with Gasteiger partial charge < -0.3 is 10.2 Å². The van der Waals surface area contributed by atoms with Crippen LogP contribution in [0.25, 0.3) is 5.95 Å². The minimum absolute atomic E-state index is 0.474. The smallest absolute Gasteiger partial charge is 0.258 e. The Hall–Kier alpha value is -2.25. The first-order valence-electron chi connectivity index (χ1n) is 6.79. The monoisotopic (exact) mass is 274 g/mol. The number of aromatic nitrogens is 6. The zero-order valence-corrected chi connectivity index (χ0v) is 11.7. The molecule has 0 atom stereocenters. The molecule has 0 aromatic carbocycles. The Morgan fingerprint density at radius 3 is 2.70 bits per heavy atom. The van der Waals surface area contributed by atoms with E-state index in [0.29, 0.717) is 23.9 Å². The van der Waals surface area contributed by atoms with Crippen LogP contribution in [0.4, 0.5) is 11.9 Å². The number of rotatable bonds is 4. The Labute approximate surface area is 117 Å². The normalized spacial score (nSPS) is 15.5. The molecule has 2 aromatic heterocycles. The highest BCUT2D eigenvalue weighted by atomic mass is 15.4. The van der Waals surface area contributed by atoms with Gasteiger partial charge in [0.05, 0.1) is 0 Å². The molecule has 0 unspecified atom stereocenters. The zero-order valence-electron chi connectivity index (χ0n) is 11.7. The molecule has 20 heavy (non-hydrogen) atoms. The van der Waals surface area contributed by atoms with Crippen molar-refractivity contribution in [3.05, 3.63) is 12.7 Å². The second kappa shape index (κ2) is 5.40. The summed E-state index contributed by atoms with van der Waals surface area (Å²) in [6.45, 7) is 0. The summed E-state index contributed by atoms with van der Waals surface area (Å²) < 4.78 is 1.54. The van der Waals surface area contributed by atoms with Crippen molar-refractivity contribution in [2.75, 3.05) is 24.3 Å². The molecule has 0 aliphatic heterocycles. The topological polar surface area (TPSA) is 84.7 Å². The van der Waals surface area contributed by atoms with Crippen molar-refractivity contribution in [1.29, 1.82) is 0 Å². The third kappa shape index (κ3) is 2.40. The van der Waals surface area contributed by atoms with Gasteiger partial charge in [-0.05, 0) is 12.8 Å². The Balaban J connectivity index is 1.95. The van der Waals surface area contributed by atoms with Gasteiger partial charge in [-0.25, -0.2) is 4.98 Å². The molecule has 0 spiro atoms. The standard InChI is InChI=1S/C12H18N8/c1-13-10-16-11(19(2)9-5-3-4-6-9)18-12(17-10)20-8-14-7-15-20/h7-9H,3-6H2,1-2H3,(H,13,16,17,18). The Bertz CT molecular complexity index is 561. The van der Waals surface area contributed by atoms with E-state index in [0.717, 1.165) is 0 Å². The van der Waals surface area contributed by atoms with Crippen LogP contribution in [0.1, 0.15) is 25.7 Å². The first-order valence-corrected chi connectivity index (χ1v) is 6.79. The maximum absolute atomic E-state index is 4.49. The molecule has 2 aromatic rings. The van der Waals surface area contributed by atoms with E-state index >= 15 is 0 Å². The minimum Gasteiger partial charge on any atom is -0.357 e. The fourth-order valence-corrected chi connectivity index (χ4v) is 2.49. The second-order valence-electron chi connectivity index (χ2n) is 4.90. The average Bonchev–Trinajstić information content (AvgIpc) is 3.18. The number of nitrogens with one attached hydrogen (secondary N) is 1. The van der Waals surface area contributed by atoms with Gasteiger partial charge in [-0.1, -0.05) is 12.8 Å². The summed E-state index contributed by atoms with van der Waals surface area (Å²) in [6, 6.07) is 0.505. The predicted octanol–water partition coefficient (Wildman–Crippen LogP) is 0.873. The summed E-state index contributed by atoms with van der Waals surface area (Å²) in [4.78, 5) is 19.3. The summed E-state index contributed by atoms with van der Waals surface area (Å²) >= 11 is 0. The van der Waals surface area contributed by atoms with Crippen molar-refractivity contribution >= 4 is 11.9 Å². The summed E-state index contributed by atoms with van der Waals surface area (Å²) in [5.74, 6) is 1.67. The van der Waals surface area contributed by atoms with Gasteiger partial charge in [0.15, 0.2) is 0 Å². The van der Waals surface area contributed by atoms with Gasteiger partial charge in [-0.3, -0.25) is 0 Å². The van der Waals surface area contributed by atoms with Crippen molar-refractivity contribution in [3.63, 3.8) is 0 Å². The fraction of sp³-hybridized carbons (Fsp3) is 0.583. The highest BCUT2D eigenvalue weighted by Crippen LogP contribution is 2.25. The molecule has 3 rings (SSSR count). The zero-order chi connectivity index (χ0) is 13.9. The van der Waals surface area contributed by atoms with E-state index in [9.17, 15) is 0 Å². The lowest BCUT2D eigenvalue weighted by molar-refractivity contribution is 0.633. The summed E-state index contributed by atoms with van der Waals surface area (Å²) in [6.07, 6.45) is 7.96. The van der Waals surface area contributed by atoms with Crippen LogP contribution in [0.15, 0.2) is 12.7 Å². The summed E-state index contributed by atoms with van der Waals surface area (Å²) in [5, 5.41) is 7.03. The SMILES string of the molecule is CNc1nc(N(C)C2CCCC2)nc(-n2cncn2)n1. The molecule has 1 fully saturated rings. The van der Waals surface area contributed by atoms with E-state index in [4.69, 9.17) is 0 Å². The maximum Gasteiger partial charge on any atom is 0.258 e. The van der Waals surface area contributed by atoms with Crippen molar-refractivity contribution in [2.45, 2.75) is 31.7 Å². The fourth-order valence-electron chi connectivity index (χ4n) is 2.49. The van der Waals surface area contributed by atoms with E-state index in [2.05, 4.69) is 35.3 Å². The second-order valence-corrected chi connectivity index (χ2v) is 4.90. The molecule has 0 saturated heterocycles. The molecular weight excluding hydrogens is 256 g/mol. The Kier molecular flexibility index (Phi) is 3.44. The van der Waals surface area contributed by atoms with Crippen molar-refractivity contribution in [3.8, 4) is 5.95 Å². The van der Waals surface area contributed by atoms with Crippen LogP contribution in [0, 0.1) is 0 Å². The quantitative estimate of drug-likeness (QED) is 0.885. The molecule has 106 valence electrons. The Morgan fingerprint density at radius 1 is 1.25 bits per heavy atom. The van der Waals surface area contributed by atoms with E-state index in [-0.39, 0.29) is 0 Å². The summed E-state index contributed by atoms with van der Waals surface area (Å²) in [7, 11) is 3.83. The lowest BCUT2D eigenvalue weighted by atomic mass is 10.2. The molecule has 8 nitrogen and oxygen atoms in total. The number of nitrogens with zero attached hydrogens (tertiary/aromatic N) is 7. The highest BCUT2D eigenvalue weighted by Gasteiger charge is 2.22. The number of hydrogen-bond donors (Lipinski definition) is 1. The third-order valence-electron chi connectivity index (χ3n) is 3.65.